The van der Waals surface area contributed by atoms with Crippen LogP contribution >= 0.6 is 15.9 Å². The van der Waals surface area contributed by atoms with Crippen LogP contribution in [0.2, 0.25) is 0 Å². The van der Waals surface area contributed by atoms with Crippen molar-refractivity contribution in [2.45, 2.75) is 0 Å². The SMILES string of the molecule is N#CCNC(=O)C(=O)Nc1cccc(Br)c1. The number of rotatable bonds is 2. The summed E-state index contributed by atoms with van der Waals surface area (Å²) in [7, 11) is 0. The lowest BCUT2D eigenvalue weighted by molar-refractivity contribution is -0.136. The molecule has 0 saturated heterocycles. The highest BCUT2D eigenvalue weighted by atomic mass is 79.9. The molecule has 0 bridgehead atoms. The van der Waals surface area contributed by atoms with Gasteiger partial charge in [0.15, 0.2) is 0 Å². The Bertz CT molecular complexity index is 454. The van der Waals surface area contributed by atoms with E-state index in [9.17, 15) is 9.59 Å². The number of halogens is 1. The van der Waals surface area contributed by atoms with E-state index >= 15 is 0 Å². The topological polar surface area (TPSA) is 82.0 Å². The molecular formula is C10H8BrN3O2. The summed E-state index contributed by atoms with van der Waals surface area (Å²) >= 11 is 3.24. The Labute approximate surface area is 101 Å². The second kappa shape index (κ2) is 5.88. The standard InChI is InChI=1S/C10H8BrN3O2/c11-7-2-1-3-8(6-7)14-10(16)9(15)13-5-4-12/h1-3,6H,5H2,(H,13,15)(H,14,16). The van der Waals surface area contributed by atoms with Crippen molar-refractivity contribution in [3.63, 3.8) is 0 Å². The van der Waals surface area contributed by atoms with Gasteiger partial charge in [0.25, 0.3) is 0 Å². The van der Waals surface area contributed by atoms with Crippen molar-refractivity contribution >= 4 is 33.4 Å². The van der Waals surface area contributed by atoms with Gasteiger partial charge in [0, 0.05) is 10.2 Å². The van der Waals surface area contributed by atoms with E-state index in [0.29, 0.717) is 5.69 Å². The molecule has 1 aromatic rings. The molecule has 0 radical (unpaired) electrons. The van der Waals surface area contributed by atoms with Crippen LogP contribution in [-0.4, -0.2) is 18.4 Å². The molecule has 5 nitrogen and oxygen atoms in total. The molecule has 0 atom stereocenters. The second-order valence-electron chi connectivity index (χ2n) is 2.81. The molecule has 0 saturated carbocycles. The Kier molecular flexibility index (Phi) is 4.48. The molecule has 1 rings (SSSR count). The van der Waals surface area contributed by atoms with Crippen molar-refractivity contribution in [1.82, 2.24) is 5.32 Å². The third-order valence-corrected chi connectivity index (χ3v) is 2.11. The maximum Gasteiger partial charge on any atom is 0.313 e. The fourth-order valence-corrected chi connectivity index (χ4v) is 1.35. The molecule has 2 amide bonds. The van der Waals surface area contributed by atoms with Crippen molar-refractivity contribution in [2.75, 3.05) is 11.9 Å². The average molecular weight is 282 g/mol. The van der Waals surface area contributed by atoms with Gasteiger partial charge >= 0.3 is 11.8 Å². The van der Waals surface area contributed by atoms with Gasteiger partial charge in [0.1, 0.15) is 6.54 Å². The van der Waals surface area contributed by atoms with Gasteiger partial charge in [-0.3, -0.25) is 9.59 Å². The van der Waals surface area contributed by atoms with E-state index in [0.717, 1.165) is 4.47 Å². The van der Waals surface area contributed by atoms with Crippen molar-refractivity contribution in [1.29, 1.82) is 5.26 Å². The van der Waals surface area contributed by atoms with Crippen LogP contribution < -0.4 is 10.6 Å². The fraction of sp³-hybridized carbons (Fsp3) is 0.100. The van der Waals surface area contributed by atoms with Crippen LogP contribution in [0.1, 0.15) is 0 Å². The number of carbonyl (C=O) groups is 2. The zero-order valence-electron chi connectivity index (χ0n) is 8.16. The Morgan fingerprint density at radius 1 is 1.38 bits per heavy atom. The zero-order chi connectivity index (χ0) is 12.0. The summed E-state index contributed by atoms with van der Waals surface area (Å²) in [5.41, 5.74) is 0.506. The number of hydrogen-bond acceptors (Lipinski definition) is 3. The first kappa shape index (κ1) is 12.2. The lowest BCUT2D eigenvalue weighted by atomic mass is 10.3. The minimum absolute atomic E-state index is 0.190. The van der Waals surface area contributed by atoms with Crippen LogP contribution in [0.15, 0.2) is 28.7 Å². The predicted molar refractivity (Wildman–Crippen MR) is 61.4 cm³/mol. The largest absolute Gasteiger partial charge is 0.335 e. The van der Waals surface area contributed by atoms with Crippen LogP contribution in [0.3, 0.4) is 0 Å². The molecule has 0 aliphatic carbocycles. The summed E-state index contributed by atoms with van der Waals surface area (Å²) in [6.45, 7) is -0.190. The molecule has 6 heteroatoms. The lowest BCUT2D eigenvalue weighted by Crippen LogP contribution is -2.35. The summed E-state index contributed by atoms with van der Waals surface area (Å²) in [5.74, 6) is -1.63. The van der Waals surface area contributed by atoms with E-state index in [1.807, 2.05) is 0 Å². The highest BCUT2D eigenvalue weighted by Gasteiger charge is 2.12. The van der Waals surface area contributed by atoms with Gasteiger partial charge < -0.3 is 10.6 Å². The quantitative estimate of drug-likeness (QED) is 0.627. The highest BCUT2D eigenvalue weighted by molar-refractivity contribution is 9.10. The molecule has 2 N–H and O–H groups in total. The monoisotopic (exact) mass is 281 g/mol. The number of nitrogens with one attached hydrogen (secondary N) is 2. The number of nitrogens with zero attached hydrogens (tertiary/aromatic N) is 1. The molecule has 0 aliphatic heterocycles. The summed E-state index contributed by atoms with van der Waals surface area (Å²) in [6, 6.07) is 8.55. The van der Waals surface area contributed by atoms with Gasteiger partial charge in [-0.15, -0.1) is 0 Å². The number of anilines is 1. The van der Waals surface area contributed by atoms with E-state index in [2.05, 4.69) is 26.6 Å². The number of benzene rings is 1. The van der Waals surface area contributed by atoms with Crippen molar-refractivity contribution in [3.8, 4) is 6.07 Å². The zero-order valence-corrected chi connectivity index (χ0v) is 9.74. The molecule has 82 valence electrons. The molecule has 0 spiro atoms. The normalized spacial score (nSPS) is 9.00. The van der Waals surface area contributed by atoms with Crippen LogP contribution in [-0.2, 0) is 9.59 Å². The maximum absolute atomic E-state index is 11.3. The van der Waals surface area contributed by atoms with E-state index in [1.165, 1.54) is 0 Å². The average Bonchev–Trinajstić information content (AvgIpc) is 2.25. The second-order valence-corrected chi connectivity index (χ2v) is 3.72. The van der Waals surface area contributed by atoms with Gasteiger partial charge in [-0.1, -0.05) is 22.0 Å². The van der Waals surface area contributed by atoms with Gasteiger partial charge in [-0.05, 0) is 18.2 Å². The summed E-state index contributed by atoms with van der Waals surface area (Å²) in [4.78, 5) is 22.4. The van der Waals surface area contributed by atoms with Crippen LogP contribution in [0.5, 0.6) is 0 Å². The van der Waals surface area contributed by atoms with E-state index in [1.54, 1.807) is 30.3 Å². The number of carbonyl (C=O) groups excluding carboxylic acids is 2. The summed E-state index contributed by atoms with van der Waals surface area (Å²) in [5, 5.41) is 12.8. The molecule has 16 heavy (non-hydrogen) atoms. The minimum atomic E-state index is -0.832. The first-order valence-corrected chi connectivity index (χ1v) is 5.14. The third-order valence-electron chi connectivity index (χ3n) is 1.62. The smallest absolute Gasteiger partial charge is 0.313 e. The predicted octanol–water partition coefficient (Wildman–Crippen LogP) is 1.03. The van der Waals surface area contributed by atoms with Gasteiger partial charge in [-0.2, -0.15) is 5.26 Å². The molecule has 0 fully saturated rings. The molecular weight excluding hydrogens is 274 g/mol. The van der Waals surface area contributed by atoms with E-state index in [4.69, 9.17) is 5.26 Å². The van der Waals surface area contributed by atoms with Gasteiger partial charge in [0.2, 0.25) is 0 Å². The van der Waals surface area contributed by atoms with Crippen molar-refractivity contribution in [2.24, 2.45) is 0 Å². The van der Waals surface area contributed by atoms with Crippen LogP contribution in [0.25, 0.3) is 0 Å². The maximum atomic E-state index is 11.3. The number of amides is 2. The van der Waals surface area contributed by atoms with Crippen LogP contribution in [0.4, 0.5) is 5.69 Å². The van der Waals surface area contributed by atoms with Crippen molar-refractivity contribution < 1.29 is 9.59 Å². The minimum Gasteiger partial charge on any atom is -0.335 e. The van der Waals surface area contributed by atoms with Gasteiger partial charge in [0.05, 0.1) is 6.07 Å². The molecule has 0 heterocycles. The van der Waals surface area contributed by atoms with E-state index in [-0.39, 0.29) is 6.54 Å². The first-order chi connectivity index (χ1) is 7.63. The Hall–Kier alpha value is -1.87. The Morgan fingerprint density at radius 3 is 2.75 bits per heavy atom. The third kappa shape index (κ3) is 3.71. The summed E-state index contributed by atoms with van der Waals surface area (Å²) in [6.07, 6.45) is 0. The Balaban J connectivity index is 2.58. The van der Waals surface area contributed by atoms with E-state index < -0.39 is 11.8 Å². The molecule has 0 unspecified atom stereocenters. The fourth-order valence-electron chi connectivity index (χ4n) is 0.954. The highest BCUT2D eigenvalue weighted by Crippen LogP contribution is 2.15. The lowest BCUT2D eigenvalue weighted by Gasteiger charge is -2.04. The Morgan fingerprint density at radius 2 is 2.12 bits per heavy atom. The molecule has 0 aromatic heterocycles. The van der Waals surface area contributed by atoms with Crippen LogP contribution in [0, 0.1) is 11.3 Å². The molecule has 1 aromatic carbocycles. The van der Waals surface area contributed by atoms with Crippen molar-refractivity contribution in [3.05, 3.63) is 28.7 Å². The molecule has 0 aliphatic rings. The number of nitriles is 1. The summed E-state index contributed by atoms with van der Waals surface area (Å²) < 4.78 is 0.794. The number of hydrogen-bond donors (Lipinski definition) is 2. The first-order valence-electron chi connectivity index (χ1n) is 4.35. The van der Waals surface area contributed by atoms with Gasteiger partial charge in [-0.25, -0.2) is 0 Å².